The minimum Gasteiger partial charge on any atom is -0.497 e. The van der Waals surface area contributed by atoms with Gasteiger partial charge < -0.3 is 20.1 Å². The van der Waals surface area contributed by atoms with E-state index in [1.165, 1.54) is 23.1 Å². The normalized spacial score (nSPS) is 11.2. The number of hydrogen-bond acceptors (Lipinski definition) is 8. The summed E-state index contributed by atoms with van der Waals surface area (Å²) in [5.74, 6) is 1.39. The standard InChI is InChI=1S/C24H24N4O4S2/c1-31-18-10-17(11-19(12-18)32-2)24-28-21(15-34-24)23(30)27-20(22(29)26-9-8-25)14-33-13-16-6-4-3-5-7-16/h3-7,10-12,15,20H,9,13-14H2,1-2H3,(H,26,29)(H,27,30). The van der Waals surface area contributed by atoms with Crippen LogP contribution in [0.4, 0.5) is 0 Å². The van der Waals surface area contributed by atoms with E-state index in [1.807, 2.05) is 36.4 Å². The molecule has 0 fully saturated rings. The molecule has 0 radical (unpaired) electrons. The summed E-state index contributed by atoms with van der Waals surface area (Å²) in [5.41, 5.74) is 2.07. The lowest BCUT2D eigenvalue weighted by atomic mass is 10.2. The van der Waals surface area contributed by atoms with Crippen LogP contribution in [0.5, 0.6) is 11.5 Å². The fourth-order valence-electron chi connectivity index (χ4n) is 2.98. The molecule has 2 aromatic carbocycles. The number of ether oxygens (including phenoxy) is 2. The maximum absolute atomic E-state index is 12.9. The summed E-state index contributed by atoms with van der Waals surface area (Å²) in [4.78, 5) is 29.9. The van der Waals surface area contributed by atoms with Crippen LogP contribution < -0.4 is 20.1 Å². The molecule has 0 spiro atoms. The number of carbonyl (C=O) groups excluding carboxylic acids is 2. The van der Waals surface area contributed by atoms with Crippen molar-refractivity contribution in [3.05, 3.63) is 65.2 Å². The van der Waals surface area contributed by atoms with Gasteiger partial charge in [-0.15, -0.1) is 11.3 Å². The molecule has 10 heteroatoms. The lowest BCUT2D eigenvalue weighted by Gasteiger charge is -2.17. The van der Waals surface area contributed by atoms with Gasteiger partial charge in [0.15, 0.2) is 0 Å². The van der Waals surface area contributed by atoms with Crippen molar-refractivity contribution in [2.45, 2.75) is 11.8 Å². The Morgan fingerprint density at radius 3 is 2.50 bits per heavy atom. The second kappa shape index (κ2) is 12.6. The number of rotatable bonds is 11. The van der Waals surface area contributed by atoms with E-state index in [9.17, 15) is 9.59 Å². The summed E-state index contributed by atoms with van der Waals surface area (Å²) in [5, 5.41) is 16.3. The van der Waals surface area contributed by atoms with E-state index in [1.54, 1.807) is 37.8 Å². The Kier molecular flexibility index (Phi) is 9.31. The first-order valence-electron chi connectivity index (χ1n) is 10.3. The average molecular weight is 497 g/mol. The summed E-state index contributed by atoms with van der Waals surface area (Å²) >= 11 is 2.82. The molecule has 0 bridgehead atoms. The van der Waals surface area contributed by atoms with Gasteiger partial charge in [-0.05, 0) is 17.7 Å². The summed E-state index contributed by atoms with van der Waals surface area (Å²) in [6, 6.07) is 16.3. The maximum atomic E-state index is 12.9. The van der Waals surface area contributed by atoms with Crippen LogP contribution >= 0.6 is 23.1 Å². The molecule has 0 saturated heterocycles. The van der Waals surface area contributed by atoms with Crippen molar-refractivity contribution >= 4 is 34.9 Å². The predicted molar refractivity (Wildman–Crippen MR) is 133 cm³/mol. The maximum Gasteiger partial charge on any atom is 0.271 e. The van der Waals surface area contributed by atoms with Gasteiger partial charge in [0.1, 0.15) is 34.8 Å². The lowest BCUT2D eigenvalue weighted by Crippen LogP contribution is -2.48. The zero-order chi connectivity index (χ0) is 24.3. The molecule has 0 aliphatic rings. The number of methoxy groups -OCH3 is 2. The Morgan fingerprint density at radius 1 is 1.15 bits per heavy atom. The number of thioether (sulfide) groups is 1. The van der Waals surface area contributed by atoms with E-state index in [0.29, 0.717) is 28.0 Å². The van der Waals surface area contributed by atoms with E-state index in [0.717, 1.165) is 11.1 Å². The van der Waals surface area contributed by atoms with Crippen LogP contribution in [-0.4, -0.2) is 49.4 Å². The molecule has 1 aromatic heterocycles. The molecule has 0 saturated carbocycles. The Bertz CT molecular complexity index is 1140. The Hall–Kier alpha value is -3.55. The van der Waals surface area contributed by atoms with Crippen LogP contribution in [0.3, 0.4) is 0 Å². The number of nitriles is 1. The van der Waals surface area contributed by atoms with E-state index >= 15 is 0 Å². The molecular formula is C24H24N4O4S2. The molecular weight excluding hydrogens is 472 g/mol. The topological polar surface area (TPSA) is 113 Å². The minimum atomic E-state index is -0.809. The Morgan fingerprint density at radius 2 is 1.85 bits per heavy atom. The van der Waals surface area contributed by atoms with Crippen LogP contribution in [0.25, 0.3) is 10.6 Å². The average Bonchev–Trinajstić information content (AvgIpc) is 3.37. The number of aromatic nitrogens is 1. The number of nitrogens with zero attached hydrogens (tertiary/aromatic N) is 2. The van der Waals surface area contributed by atoms with E-state index in [2.05, 4.69) is 15.6 Å². The molecule has 0 aliphatic carbocycles. The number of carbonyl (C=O) groups is 2. The molecule has 3 aromatic rings. The highest BCUT2D eigenvalue weighted by Crippen LogP contribution is 2.31. The van der Waals surface area contributed by atoms with Crippen LogP contribution in [0.1, 0.15) is 16.1 Å². The van der Waals surface area contributed by atoms with Crippen LogP contribution in [0.15, 0.2) is 53.9 Å². The fraction of sp³-hybridized carbons (Fsp3) is 0.250. The summed E-state index contributed by atoms with van der Waals surface area (Å²) in [6.45, 7) is -0.132. The van der Waals surface area contributed by atoms with Crippen molar-refractivity contribution in [2.75, 3.05) is 26.5 Å². The Balaban J connectivity index is 1.70. The number of nitrogens with one attached hydrogen (secondary N) is 2. The number of hydrogen-bond donors (Lipinski definition) is 2. The molecule has 1 heterocycles. The lowest BCUT2D eigenvalue weighted by molar-refractivity contribution is -0.122. The van der Waals surface area contributed by atoms with Gasteiger partial charge in [0.05, 0.1) is 20.3 Å². The minimum absolute atomic E-state index is 0.132. The van der Waals surface area contributed by atoms with Crippen molar-refractivity contribution in [3.8, 4) is 28.1 Å². The van der Waals surface area contributed by atoms with Crippen molar-refractivity contribution < 1.29 is 19.1 Å². The highest BCUT2D eigenvalue weighted by molar-refractivity contribution is 7.98. The van der Waals surface area contributed by atoms with Crippen molar-refractivity contribution in [1.82, 2.24) is 15.6 Å². The van der Waals surface area contributed by atoms with Gasteiger partial charge in [-0.2, -0.15) is 17.0 Å². The second-order valence-electron chi connectivity index (χ2n) is 7.04. The summed E-state index contributed by atoms with van der Waals surface area (Å²) in [7, 11) is 3.12. The number of thiazole rings is 1. The first-order chi connectivity index (χ1) is 16.5. The summed E-state index contributed by atoms with van der Waals surface area (Å²) in [6.07, 6.45) is 0. The number of amides is 2. The third-order valence-corrected chi connectivity index (χ3v) is 6.69. The first-order valence-corrected chi connectivity index (χ1v) is 12.3. The van der Waals surface area contributed by atoms with Crippen molar-refractivity contribution in [3.63, 3.8) is 0 Å². The quantitative estimate of drug-likeness (QED) is 0.391. The third kappa shape index (κ3) is 6.97. The third-order valence-electron chi connectivity index (χ3n) is 4.69. The highest BCUT2D eigenvalue weighted by Gasteiger charge is 2.23. The smallest absolute Gasteiger partial charge is 0.271 e. The molecule has 1 unspecified atom stereocenters. The Labute approximate surface area is 206 Å². The zero-order valence-corrected chi connectivity index (χ0v) is 20.4. The molecule has 3 rings (SSSR count). The molecule has 8 nitrogen and oxygen atoms in total. The molecule has 176 valence electrons. The molecule has 0 aliphatic heterocycles. The predicted octanol–water partition coefficient (Wildman–Crippen LogP) is 3.50. The van der Waals surface area contributed by atoms with Crippen molar-refractivity contribution in [1.29, 1.82) is 5.26 Å². The van der Waals surface area contributed by atoms with Crippen LogP contribution in [0, 0.1) is 11.3 Å². The van der Waals surface area contributed by atoms with Gasteiger partial charge in [0.2, 0.25) is 5.91 Å². The van der Waals surface area contributed by atoms with Gasteiger partial charge >= 0.3 is 0 Å². The second-order valence-corrected chi connectivity index (χ2v) is 8.93. The van der Waals surface area contributed by atoms with Gasteiger partial charge in [0, 0.05) is 28.5 Å². The van der Waals surface area contributed by atoms with Gasteiger partial charge in [-0.25, -0.2) is 4.98 Å². The van der Waals surface area contributed by atoms with E-state index < -0.39 is 17.9 Å². The van der Waals surface area contributed by atoms with E-state index in [-0.39, 0.29) is 12.2 Å². The summed E-state index contributed by atoms with van der Waals surface area (Å²) < 4.78 is 10.6. The van der Waals surface area contributed by atoms with Gasteiger partial charge in [-0.1, -0.05) is 30.3 Å². The van der Waals surface area contributed by atoms with Crippen LogP contribution in [0.2, 0.25) is 0 Å². The van der Waals surface area contributed by atoms with E-state index in [4.69, 9.17) is 14.7 Å². The molecule has 2 amide bonds. The molecule has 34 heavy (non-hydrogen) atoms. The van der Waals surface area contributed by atoms with Gasteiger partial charge in [0.25, 0.3) is 5.91 Å². The SMILES string of the molecule is COc1cc(OC)cc(-c2nc(C(=O)NC(CSCc3ccccc3)C(=O)NCC#N)cs2)c1. The molecule has 1 atom stereocenters. The number of benzene rings is 2. The van der Waals surface area contributed by atoms with Gasteiger partial charge in [-0.3, -0.25) is 9.59 Å². The zero-order valence-electron chi connectivity index (χ0n) is 18.7. The fourth-order valence-corrected chi connectivity index (χ4v) is 4.78. The monoisotopic (exact) mass is 496 g/mol. The highest BCUT2D eigenvalue weighted by atomic mass is 32.2. The van der Waals surface area contributed by atoms with Crippen molar-refractivity contribution in [2.24, 2.45) is 0 Å². The largest absolute Gasteiger partial charge is 0.497 e. The van der Waals surface area contributed by atoms with Crippen LogP contribution in [-0.2, 0) is 10.5 Å². The molecule has 2 N–H and O–H groups in total. The first kappa shape index (κ1) is 25.1.